The van der Waals surface area contributed by atoms with E-state index in [-0.39, 0.29) is 0 Å². The molecule has 114 valence electrons. The van der Waals surface area contributed by atoms with Gasteiger partial charge in [-0.25, -0.2) is 0 Å². The number of hydrogen-bond donors (Lipinski definition) is 1. The zero-order valence-electron chi connectivity index (χ0n) is 13.0. The van der Waals surface area contributed by atoms with Crippen molar-refractivity contribution >= 4 is 11.6 Å². The molecule has 0 aromatic heterocycles. The summed E-state index contributed by atoms with van der Waals surface area (Å²) in [6, 6.07) is 6.31. The largest absolute Gasteiger partial charge is 0.496 e. The molecule has 0 heterocycles. The zero-order valence-corrected chi connectivity index (χ0v) is 13.8. The van der Waals surface area contributed by atoms with E-state index in [1.165, 1.54) is 31.2 Å². The number of methoxy groups -OCH3 is 1. The number of ether oxygens (including phenoxy) is 1. The summed E-state index contributed by atoms with van der Waals surface area (Å²) >= 11 is 6.05. The van der Waals surface area contributed by atoms with Crippen LogP contribution in [0.3, 0.4) is 0 Å². The predicted octanol–water partition coefficient (Wildman–Crippen LogP) is 5.36. The summed E-state index contributed by atoms with van der Waals surface area (Å²) in [7, 11) is 1.71. The molecule has 1 rings (SSSR count). The molecule has 0 saturated heterocycles. The highest BCUT2D eigenvalue weighted by molar-refractivity contribution is 6.30. The van der Waals surface area contributed by atoms with Crippen molar-refractivity contribution in [1.82, 2.24) is 5.32 Å². The molecule has 0 aliphatic rings. The second-order valence-corrected chi connectivity index (χ2v) is 5.68. The van der Waals surface area contributed by atoms with E-state index in [9.17, 15) is 0 Å². The Labute approximate surface area is 128 Å². The lowest BCUT2D eigenvalue weighted by atomic mass is 9.99. The number of hydrogen-bond acceptors (Lipinski definition) is 2. The molecule has 0 fully saturated rings. The summed E-state index contributed by atoms with van der Waals surface area (Å²) in [5, 5.41) is 4.36. The van der Waals surface area contributed by atoms with Gasteiger partial charge < -0.3 is 10.1 Å². The van der Waals surface area contributed by atoms with Gasteiger partial charge in [-0.2, -0.15) is 0 Å². The van der Waals surface area contributed by atoms with Gasteiger partial charge in [0.05, 0.1) is 7.11 Å². The Morgan fingerprint density at radius 2 is 1.95 bits per heavy atom. The normalized spacial score (nSPS) is 12.4. The van der Waals surface area contributed by atoms with E-state index >= 15 is 0 Å². The molecule has 0 amide bonds. The minimum Gasteiger partial charge on any atom is -0.496 e. The van der Waals surface area contributed by atoms with Gasteiger partial charge in [-0.3, -0.25) is 0 Å². The molecule has 1 aromatic rings. The van der Waals surface area contributed by atoms with Gasteiger partial charge in [-0.15, -0.1) is 0 Å². The quantitative estimate of drug-likeness (QED) is 0.587. The van der Waals surface area contributed by atoms with Gasteiger partial charge in [0.1, 0.15) is 5.75 Å². The van der Waals surface area contributed by atoms with Crippen LogP contribution < -0.4 is 10.1 Å². The van der Waals surface area contributed by atoms with Gasteiger partial charge in [0.25, 0.3) is 0 Å². The van der Waals surface area contributed by atoms with E-state index < -0.39 is 0 Å². The maximum Gasteiger partial charge on any atom is 0.125 e. The first kappa shape index (κ1) is 17.3. The third kappa shape index (κ3) is 5.72. The summed E-state index contributed by atoms with van der Waals surface area (Å²) in [6.07, 6.45) is 7.44. The molecule has 0 spiro atoms. The fourth-order valence-corrected chi connectivity index (χ4v) is 2.60. The lowest BCUT2D eigenvalue weighted by Crippen LogP contribution is -2.22. The minimum atomic E-state index is 0.360. The van der Waals surface area contributed by atoms with Crippen LogP contribution in [-0.2, 0) is 0 Å². The maximum absolute atomic E-state index is 6.05. The smallest absolute Gasteiger partial charge is 0.125 e. The van der Waals surface area contributed by atoms with Gasteiger partial charge in [0.15, 0.2) is 0 Å². The molecule has 1 aromatic carbocycles. The Hall–Kier alpha value is -0.730. The molecule has 1 atom stereocenters. The SMILES string of the molecule is CCCCCCC(NCCC)c1ccc(Cl)cc1OC. The van der Waals surface area contributed by atoms with Crippen LogP contribution in [0, 0.1) is 0 Å². The van der Waals surface area contributed by atoms with Crippen molar-refractivity contribution in [2.45, 2.75) is 58.4 Å². The second-order valence-electron chi connectivity index (χ2n) is 5.24. The zero-order chi connectivity index (χ0) is 14.8. The lowest BCUT2D eigenvalue weighted by molar-refractivity contribution is 0.391. The van der Waals surface area contributed by atoms with Gasteiger partial charge in [0.2, 0.25) is 0 Å². The molecule has 1 unspecified atom stereocenters. The van der Waals surface area contributed by atoms with Crippen molar-refractivity contribution in [3.8, 4) is 5.75 Å². The molecule has 3 heteroatoms. The first-order chi connectivity index (χ1) is 9.72. The van der Waals surface area contributed by atoms with E-state index in [1.54, 1.807) is 7.11 Å². The van der Waals surface area contributed by atoms with Crippen molar-refractivity contribution in [3.63, 3.8) is 0 Å². The van der Waals surface area contributed by atoms with Crippen LogP contribution in [0.5, 0.6) is 5.75 Å². The summed E-state index contributed by atoms with van der Waals surface area (Å²) in [4.78, 5) is 0. The van der Waals surface area contributed by atoms with Gasteiger partial charge >= 0.3 is 0 Å². The number of rotatable bonds is 10. The maximum atomic E-state index is 6.05. The van der Waals surface area contributed by atoms with Gasteiger partial charge in [-0.1, -0.05) is 57.2 Å². The van der Waals surface area contributed by atoms with Crippen molar-refractivity contribution in [2.24, 2.45) is 0 Å². The standard InChI is InChI=1S/C17H28ClNO/c1-4-6-7-8-9-16(19-12-5-2)15-11-10-14(18)13-17(15)20-3/h10-11,13,16,19H,4-9,12H2,1-3H3. The average molecular weight is 298 g/mol. The fourth-order valence-electron chi connectivity index (χ4n) is 2.43. The van der Waals surface area contributed by atoms with E-state index in [2.05, 4.69) is 25.2 Å². The molecule has 1 N–H and O–H groups in total. The molecule has 0 bridgehead atoms. The third-order valence-electron chi connectivity index (χ3n) is 3.56. The highest BCUT2D eigenvalue weighted by Crippen LogP contribution is 2.31. The number of halogens is 1. The van der Waals surface area contributed by atoms with Crippen molar-refractivity contribution in [3.05, 3.63) is 28.8 Å². The number of benzene rings is 1. The number of unbranched alkanes of at least 4 members (excludes halogenated alkanes) is 3. The molecule has 0 aliphatic carbocycles. The van der Waals surface area contributed by atoms with Crippen LogP contribution >= 0.6 is 11.6 Å². The molecule has 20 heavy (non-hydrogen) atoms. The van der Waals surface area contributed by atoms with E-state index in [0.29, 0.717) is 6.04 Å². The molecule has 0 radical (unpaired) electrons. The highest BCUT2D eigenvalue weighted by atomic mass is 35.5. The second kappa shape index (κ2) is 10.1. The fraction of sp³-hybridized carbons (Fsp3) is 0.647. The van der Waals surface area contributed by atoms with E-state index in [1.807, 2.05) is 12.1 Å². The summed E-state index contributed by atoms with van der Waals surface area (Å²) in [5.41, 5.74) is 1.22. The predicted molar refractivity (Wildman–Crippen MR) is 87.8 cm³/mol. The Morgan fingerprint density at radius 1 is 1.15 bits per heavy atom. The third-order valence-corrected chi connectivity index (χ3v) is 3.79. The van der Waals surface area contributed by atoms with Crippen LogP contribution in [0.15, 0.2) is 18.2 Å². The molecule has 0 aliphatic heterocycles. The monoisotopic (exact) mass is 297 g/mol. The summed E-state index contributed by atoms with van der Waals surface area (Å²) < 4.78 is 5.49. The van der Waals surface area contributed by atoms with Crippen LogP contribution in [0.25, 0.3) is 0 Å². The molecular formula is C17H28ClNO. The summed E-state index contributed by atoms with van der Waals surface area (Å²) in [6.45, 7) is 5.47. The first-order valence-electron chi connectivity index (χ1n) is 7.79. The van der Waals surface area contributed by atoms with Crippen LogP contribution in [0.1, 0.15) is 64.0 Å². The molecule has 0 saturated carbocycles. The van der Waals surface area contributed by atoms with Crippen LogP contribution in [0.4, 0.5) is 0 Å². The minimum absolute atomic E-state index is 0.360. The Kier molecular flexibility index (Phi) is 8.72. The van der Waals surface area contributed by atoms with Gasteiger partial charge in [-0.05, 0) is 31.5 Å². The van der Waals surface area contributed by atoms with Crippen LogP contribution in [-0.4, -0.2) is 13.7 Å². The van der Waals surface area contributed by atoms with Crippen molar-refractivity contribution in [1.29, 1.82) is 0 Å². The van der Waals surface area contributed by atoms with Crippen molar-refractivity contribution < 1.29 is 4.74 Å². The molecule has 2 nitrogen and oxygen atoms in total. The highest BCUT2D eigenvalue weighted by Gasteiger charge is 2.15. The van der Waals surface area contributed by atoms with Crippen molar-refractivity contribution in [2.75, 3.05) is 13.7 Å². The first-order valence-corrected chi connectivity index (χ1v) is 8.17. The summed E-state index contributed by atoms with van der Waals surface area (Å²) in [5.74, 6) is 0.890. The van der Waals surface area contributed by atoms with Gasteiger partial charge in [0, 0.05) is 16.6 Å². The van der Waals surface area contributed by atoms with E-state index in [4.69, 9.17) is 16.3 Å². The average Bonchev–Trinajstić information content (AvgIpc) is 2.47. The lowest BCUT2D eigenvalue weighted by Gasteiger charge is -2.21. The Balaban J connectivity index is 2.75. The topological polar surface area (TPSA) is 21.3 Å². The number of nitrogens with one attached hydrogen (secondary N) is 1. The Bertz CT molecular complexity index is 381. The van der Waals surface area contributed by atoms with Crippen LogP contribution in [0.2, 0.25) is 5.02 Å². The van der Waals surface area contributed by atoms with E-state index in [0.717, 1.165) is 30.2 Å². The Morgan fingerprint density at radius 3 is 2.60 bits per heavy atom. The molecular weight excluding hydrogens is 270 g/mol.